The van der Waals surface area contributed by atoms with Gasteiger partial charge in [0.15, 0.2) is 0 Å². The van der Waals surface area contributed by atoms with Crippen molar-refractivity contribution in [2.45, 2.75) is 6.54 Å². The number of piperazine rings is 1. The van der Waals surface area contributed by atoms with Crippen molar-refractivity contribution >= 4 is 23.8 Å². The van der Waals surface area contributed by atoms with Crippen molar-refractivity contribution in [3.05, 3.63) is 60.4 Å². The summed E-state index contributed by atoms with van der Waals surface area (Å²) in [5, 5.41) is 11.3. The fraction of sp³-hybridized carbons (Fsp3) is 0.238. The first-order valence-electron chi connectivity index (χ1n) is 9.68. The number of carbonyl (C=O) groups is 1. The topological polar surface area (TPSA) is 80.4 Å². The minimum atomic E-state index is -0.315. The van der Waals surface area contributed by atoms with Crippen molar-refractivity contribution in [2.75, 3.05) is 19.6 Å². The summed E-state index contributed by atoms with van der Waals surface area (Å²) in [6, 6.07) is 6.99. The Labute approximate surface area is 184 Å². The van der Waals surface area contributed by atoms with E-state index in [0.717, 1.165) is 11.1 Å². The second-order valence-corrected chi connectivity index (χ2v) is 7.41. The lowest BCUT2D eigenvalue weighted by atomic mass is 10.1. The van der Waals surface area contributed by atoms with Crippen LogP contribution >= 0.6 is 12.4 Å². The number of fused-ring (bicyclic) bond motifs is 1. The molecule has 160 valence electrons. The third-order valence-corrected chi connectivity index (χ3v) is 5.23. The highest BCUT2D eigenvalue weighted by atomic mass is 35.5. The van der Waals surface area contributed by atoms with Gasteiger partial charge in [-0.1, -0.05) is 12.1 Å². The molecule has 0 radical (unpaired) electrons. The van der Waals surface area contributed by atoms with E-state index in [9.17, 15) is 9.18 Å². The number of halogens is 2. The number of nitrogens with one attached hydrogen (secondary N) is 1. The first-order chi connectivity index (χ1) is 14.6. The molecule has 31 heavy (non-hydrogen) atoms. The van der Waals surface area contributed by atoms with Crippen molar-refractivity contribution in [3.63, 3.8) is 0 Å². The lowest BCUT2D eigenvalue weighted by Crippen LogP contribution is -2.47. The molecule has 1 amide bonds. The molecule has 4 heterocycles. The third kappa shape index (κ3) is 4.14. The number of carbonyl (C=O) groups excluding carboxylic acids is 1. The van der Waals surface area contributed by atoms with Crippen molar-refractivity contribution < 1.29 is 9.18 Å². The van der Waals surface area contributed by atoms with E-state index in [4.69, 9.17) is 4.98 Å². The van der Waals surface area contributed by atoms with Crippen LogP contribution in [0.25, 0.3) is 28.0 Å². The predicted molar refractivity (Wildman–Crippen MR) is 116 cm³/mol. The van der Waals surface area contributed by atoms with Crippen LogP contribution in [0.15, 0.2) is 49.1 Å². The Morgan fingerprint density at radius 2 is 2.03 bits per heavy atom. The summed E-state index contributed by atoms with van der Waals surface area (Å²) in [5.41, 5.74) is 4.24. The van der Waals surface area contributed by atoms with Crippen LogP contribution in [0, 0.1) is 5.82 Å². The van der Waals surface area contributed by atoms with Gasteiger partial charge in [-0.05, 0) is 12.1 Å². The van der Waals surface area contributed by atoms with E-state index < -0.39 is 0 Å². The Morgan fingerprint density at radius 3 is 2.77 bits per heavy atom. The van der Waals surface area contributed by atoms with E-state index >= 15 is 0 Å². The van der Waals surface area contributed by atoms with Crippen LogP contribution in [-0.4, -0.2) is 54.8 Å². The standard InChI is InChI=1S/C21H20FN7O.ClH/c1-27-10-16(9-25-27)18-12-29-19(4-5-24-29)21(26-18)14-2-3-15(17(22)8-14)11-28-7-6-23-20(30)13-28;/h2-5,8-10,12H,6-7,11,13H2,1H3,(H,23,30);1H. The molecule has 0 unspecified atom stereocenters. The molecule has 0 saturated carbocycles. The Kier molecular flexibility index (Phi) is 5.71. The molecule has 1 aromatic carbocycles. The molecule has 0 bridgehead atoms. The van der Waals surface area contributed by atoms with Crippen molar-refractivity contribution in [2.24, 2.45) is 7.05 Å². The fourth-order valence-electron chi connectivity index (χ4n) is 3.72. The number of hydrogen-bond donors (Lipinski definition) is 1. The summed E-state index contributed by atoms with van der Waals surface area (Å²) >= 11 is 0. The minimum absolute atomic E-state index is 0. The molecular formula is C21H21ClFN7O. The molecule has 5 rings (SSSR count). The SMILES string of the molecule is Cl.Cn1cc(-c2cn3nccc3c(-c3ccc(CN4CCNC(=O)C4)c(F)c3)n2)cn1. The zero-order valence-electron chi connectivity index (χ0n) is 16.8. The van der Waals surface area contributed by atoms with Gasteiger partial charge in [0, 0.05) is 49.6 Å². The van der Waals surface area contributed by atoms with E-state index in [0.29, 0.717) is 42.1 Å². The number of hydrogen-bond acceptors (Lipinski definition) is 5. The van der Waals surface area contributed by atoms with Gasteiger partial charge in [0.05, 0.1) is 42.0 Å². The zero-order valence-corrected chi connectivity index (χ0v) is 17.6. The van der Waals surface area contributed by atoms with Crippen LogP contribution in [0.3, 0.4) is 0 Å². The third-order valence-electron chi connectivity index (χ3n) is 5.23. The van der Waals surface area contributed by atoms with Gasteiger partial charge in [-0.15, -0.1) is 12.4 Å². The average Bonchev–Trinajstić information content (AvgIpc) is 3.37. The van der Waals surface area contributed by atoms with Crippen LogP contribution in [-0.2, 0) is 18.4 Å². The monoisotopic (exact) mass is 441 g/mol. The number of nitrogens with zero attached hydrogens (tertiary/aromatic N) is 6. The van der Waals surface area contributed by atoms with Gasteiger partial charge in [-0.25, -0.2) is 13.9 Å². The van der Waals surface area contributed by atoms with Gasteiger partial charge in [0.25, 0.3) is 0 Å². The normalized spacial score (nSPS) is 14.5. The van der Waals surface area contributed by atoms with Crippen LogP contribution in [0.2, 0.25) is 0 Å². The molecule has 0 aliphatic carbocycles. The Morgan fingerprint density at radius 1 is 1.16 bits per heavy atom. The molecule has 1 fully saturated rings. The Bertz CT molecular complexity index is 1250. The summed E-state index contributed by atoms with van der Waals surface area (Å²) in [5.74, 6) is -0.345. The molecule has 0 atom stereocenters. The summed E-state index contributed by atoms with van der Waals surface area (Å²) in [6.07, 6.45) is 7.14. The molecule has 10 heteroatoms. The molecular weight excluding hydrogens is 421 g/mol. The van der Waals surface area contributed by atoms with Crippen LogP contribution in [0.5, 0.6) is 0 Å². The maximum atomic E-state index is 14.9. The summed E-state index contributed by atoms with van der Waals surface area (Å²) in [4.78, 5) is 18.3. The first kappa shape index (κ1) is 21.0. The number of benzene rings is 1. The average molecular weight is 442 g/mol. The van der Waals surface area contributed by atoms with Crippen LogP contribution in [0.1, 0.15) is 5.56 Å². The fourth-order valence-corrected chi connectivity index (χ4v) is 3.72. The second kappa shape index (κ2) is 8.44. The van der Waals surface area contributed by atoms with E-state index in [1.165, 1.54) is 6.07 Å². The molecule has 1 aliphatic heterocycles. The summed E-state index contributed by atoms with van der Waals surface area (Å²) in [7, 11) is 1.84. The highest BCUT2D eigenvalue weighted by molar-refractivity contribution is 5.85. The van der Waals surface area contributed by atoms with E-state index in [1.54, 1.807) is 27.7 Å². The summed E-state index contributed by atoms with van der Waals surface area (Å²) < 4.78 is 18.4. The zero-order chi connectivity index (χ0) is 20.7. The lowest BCUT2D eigenvalue weighted by Gasteiger charge is -2.26. The van der Waals surface area contributed by atoms with Gasteiger partial charge >= 0.3 is 0 Å². The van der Waals surface area contributed by atoms with Crippen molar-refractivity contribution in [1.82, 2.24) is 34.6 Å². The van der Waals surface area contributed by atoms with Crippen molar-refractivity contribution in [3.8, 4) is 22.5 Å². The highest BCUT2D eigenvalue weighted by Gasteiger charge is 2.19. The molecule has 4 aromatic rings. The quantitative estimate of drug-likeness (QED) is 0.525. The maximum absolute atomic E-state index is 14.9. The molecule has 1 aliphatic rings. The predicted octanol–water partition coefficient (Wildman–Crippen LogP) is 2.29. The van der Waals surface area contributed by atoms with Crippen molar-refractivity contribution in [1.29, 1.82) is 0 Å². The number of aryl methyl sites for hydroxylation is 1. The maximum Gasteiger partial charge on any atom is 0.234 e. The smallest absolute Gasteiger partial charge is 0.234 e. The largest absolute Gasteiger partial charge is 0.354 e. The molecule has 1 N–H and O–H groups in total. The van der Waals surface area contributed by atoms with E-state index in [2.05, 4.69) is 15.5 Å². The number of amides is 1. The van der Waals surface area contributed by atoms with Gasteiger partial charge < -0.3 is 5.32 Å². The molecule has 0 spiro atoms. The van der Waals surface area contributed by atoms with E-state index in [1.807, 2.05) is 36.5 Å². The second-order valence-electron chi connectivity index (χ2n) is 7.41. The first-order valence-corrected chi connectivity index (χ1v) is 9.68. The Hall–Kier alpha value is -3.30. The van der Waals surface area contributed by atoms with Crippen LogP contribution < -0.4 is 5.32 Å². The summed E-state index contributed by atoms with van der Waals surface area (Å²) in [6.45, 7) is 1.97. The molecule has 1 saturated heterocycles. The lowest BCUT2D eigenvalue weighted by molar-refractivity contribution is -0.124. The Balaban J connectivity index is 0.00000231. The van der Waals surface area contributed by atoms with E-state index in [-0.39, 0.29) is 30.7 Å². The van der Waals surface area contributed by atoms with Gasteiger partial charge in [0.1, 0.15) is 5.82 Å². The van der Waals surface area contributed by atoms with Crippen LogP contribution in [0.4, 0.5) is 4.39 Å². The highest BCUT2D eigenvalue weighted by Crippen LogP contribution is 2.28. The van der Waals surface area contributed by atoms with Gasteiger partial charge in [-0.2, -0.15) is 10.2 Å². The number of aromatic nitrogens is 5. The van der Waals surface area contributed by atoms with Gasteiger partial charge in [-0.3, -0.25) is 14.4 Å². The molecule has 3 aromatic heterocycles. The minimum Gasteiger partial charge on any atom is -0.354 e. The van der Waals surface area contributed by atoms with Gasteiger partial charge in [0.2, 0.25) is 5.91 Å². The molecule has 8 nitrogen and oxygen atoms in total. The number of rotatable bonds is 4.